The number of ether oxygens (including phenoxy) is 1. The quantitative estimate of drug-likeness (QED) is 0.487. The fraction of sp³-hybridized carbons (Fsp3) is 0.833. The van der Waals surface area contributed by atoms with Crippen molar-refractivity contribution in [3.05, 3.63) is 0 Å². The Bertz CT molecular complexity index is 256. The molecule has 0 bridgehead atoms. The van der Waals surface area contributed by atoms with E-state index in [1.807, 2.05) is 13.8 Å². The van der Waals surface area contributed by atoms with Crippen molar-refractivity contribution < 1.29 is 19.4 Å². The zero-order chi connectivity index (χ0) is 14.0. The molecular formula is C12H24N2O4. The largest absolute Gasteiger partial charge is 0.481 e. The van der Waals surface area contributed by atoms with Gasteiger partial charge in [-0.25, -0.2) is 0 Å². The Morgan fingerprint density at radius 3 is 2.56 bits per heavy atom. The molecule has 6 nitrogen and oxygen atoms in total. The summed E-state index contributed by atoms with van der Waals surface area (Å²) in [6.07, 6.45) is 0.846. The zero-order valence-electron chi connectivity index (χ0n) is 11.1. The van der Waals surface area contributed by atoms with Crippen molar-refractivity contribution in [1.29, 1.82) is 0 Å². The molecule has 0 heterocycles. The summed E-state index contributed by atoms with van der Waals surface area (Å²) in [7, 11) is 0. The van der Waals surface area contributed by atoms with Crippen LogP contribution in [0.1, 0.15) is 26.7 Å². The van der Waals surface area contributed by atoms with Gasteiger partial charge in [0.15, 0.2) is 0 Å². The molecule has 0 unspecified atom stereocenters. The van der Waals surface area contributed by atoms with Gasteiger partial charge in [0.25, 0.3) is 0 Å². The third-order valence-corrected chi connectivity index (χ3v) is 2.35. The topological polar surface area (TPSA) is 102 Å². The molecule has 0 fully saturated rings. The summed E-state index contributed by atoms with van der Waals surface area (Å²) >= 11 is 0. The number of aliphatic carboxylic acids is 1. The first kappa shape index (κ1) is 16.9. The maximum atomic E-state index is 11.4. The predicted octanol–water partition coefficient (Wildman–Crippen LogP) is 0.215. The van der Waals surface area contributed by atoms with E-state index < -0.39 is 5.97 Å². The van der Waals surface area contributed by atoms with E-state index in [9.17, 15) is 9.59 Å². The van der Waals surface area contributed by atoms with Gasteiger partial charge in [-0.05, 0) is 18.3 Å². The number of hydrogen-bond acceptors (Lipinski definition) is 4. The first-order chi connectivity index (χ1) is 8.45. The summed E-state index contributed by atoms with van der Waals surface area (Å²) in [5, 5.41) is 11.5. The first-order valence-electron chi connectivity index (χ1n) is 6.22. The second-order valence-corrected chi connectivity index (χ2v) is 4.74. The molecule has 0 aromatic rings. The molecule has 0 aliphatic rings. The number of nitrogens with two attached hydrogens (primary N) is 1. The van der Waals surface area contributed by atoms with Crippen LogP contribution in [0.3, 0.4) is 0 Å². The summed E-state index contributed by atoms with van der Waals surface area (Å²) in [6.45, 7) is 5.12. The van der Waals surface area contributed by atoms with E-state index >= 15 is 0 Å². The number of amides is 1. The Morgan fingerprint density at radius 1 is 1.39 bits per heavy atom. The fourth-order valence-electron chi connectivity index (χ4n) is 1.71. The van der Waals surface area contributed by atoms with E-state index in [2.05, 4.69) is 5.32 Å². The molecule has 0 radical (unpaired) electrons. The zero-order valence-corrected chi connectivity index (χ0v) is 11.1. The smallest absolute Gasteiger partial charge is 0.303 e. The van der Waals surface area contributed by atoms with Crippen LogP contribution in [0.15, 0.2) is 0 Å². The maximum Gasteiger partial charge on any atom is 0.303 e. The van der Waals surface area contributed by atoms with Crippen molar-refractivity contribution >= 4 is 11.9 Å². The van der Waals surface area contributed by atoms with Crippen LogP contribution in [-0.4, -0.2) is 43.3 Å². The van der Waals surface area contributed by atoms with Gasteiger partial charge in [0, 0.05) is 19.5 Å². The van der Waals surface area contributed by atoms with Crippen molar-refractivity contribution in [1.82, 2.24) is 5.32 Å². The van der Waals surface area contributed by atoms with Gasteiger partial charge in [0.2, 0.25) is 5.91 Å². The van der Waals surface area contributed by atoms with E-state index in [1.165, 1.54) is 0 Å². The second kappa shape index (κ2) is 9.85. The molecule has 0 saturated carbocycles. The summed E-state index contributed by atoms with van der Waals surface area (Å²) in [5.74, 6) is -0.711. The maximum absolute atomic E-state index is 11.4. The molecule has 0 aliphatic heterocycles. The lowest BCUT2D eigenvalue weighted by Gasteiger charge is -2.17. The van der Waals surface area contributed by atoms with E-state index in [4.69, 9.17) is 15.6 Å². The molecule has 4 N–H and O–H groups in total. The summed E-state index contributed by atoms with van der Waals surface area (Å²) in [4.78, 5) is 22.1. The minimum Gasteiger partial charge on any atom is -0.481 e. The van der Waals surface area contributed by atoms with Crippen LogP contribution in [0.5, 0.6) is 0 Å². The molecule has 0 aliphatic carbocycles. The van der Waals surface area contributed by atoms with Crippen LogP contribution in [0.25, 0.3) is 0 Å². The Morgan fingerprint density at radius 2 is 2.06 bits per heavy atom. The number of rotatable bonds is 10. The normalized spacial score (nSPS) is 12.4. The second-order valence-electron chi connectivity index (χ2n) is 4.74. The van der Waals surface area contributed by atoms with Crippen molar-refractivity contribution in [2.24, 2.45) is 17.6 Å². The van der Waals surface area contributed by atoms with Crippen LogP contribution in [0, 0.1) is 11.8 Å². The monoisotopic (exact) mass is 260 g/mol. The SMILES string of the molecule is CC(C)C[C@H](CNC(=O)COCCN)CC(=O)O. The number of nitrogens with one attached hydrogen (secondary N) is 1. The summed E-state index contributed by atoms with van der Waals surface area (Å²) in [6, 6.07) is 0. The van der Waals surface area contributed by atoms with Crippen LogP contribution in [0.4, 0.5) is 0 Å². The Balaban J connectivity index is 3.93. The average Bonchev–Trinajstić information content (AvgIpc) is 2.25. The van der Waals surface area contributed by atoms with Gasteiger partial charge in [-0.3, -0.25) is 9.59 Å². The molecule has 0 saturated heterocycles. The highest BCUT2D eigenvalue weighted by molar-refractivity contribution is 5.77. The van der Waals surface area contributed by atoms with Crippen molar-refractivity contribution in [2.45, 2.75) is 26.7 Å². The van der Waals surface area contributed by atoms with Crippen LogP contribution in [-0.2, 0) is 14.3 Å². The highest BCUT2D eigenvalue weighted by Crippen LogP contribution is 2.14. The average molecular weight is 260 g/mol. The third-order valence-electron chi connectivity index (χ3n) is 2.35. The molecule has 106 valence electrons. The van der Waals surface area contributed by atoms with Gasteiger partial charge in [0.1, 0.15) is 6.61 Å². The molecule has 1 atom stereocenters. The Kier molecular flexibility index (Phi) is 9.22. The van der Waals surface area contributed by atoms with Gasteiger partial charge in [-0.15, -0.1) is 0 Å². The number of carboxylic acids is 1. The molecular weight excluding hydrogens is 236 g/mol. The molecule has 6 heteroatoms. The molecule has 18 heavy (non-hydrogen) atoms. The van der Waals surface area contributed by atoms with Gasteiger partial charge < -0.3 is 20.9 Å². The molecule has 0 spiro atoms. The van der Waals surface area contributed by atoms with Crippen LogP contribution < -0.4 is 11.1 Å². The predicted molar refractivity (Wildman–Crippen MR) is 68.1 cm³/mol. The molecule has 0 aromatic carbocycles. The van der Waals surface area contributed by atoms with Gasteiger partial charge in [0.05, 0.1) is 6.61 Å². The summed E-state index contributed by atoms with van der Waals surface area (Å²) in [5.41, 5.74) is 5.22. The Labute approximate surface area is 108 Å². The highest BCUT2D eigenvalue weighted by Gasteiger charge is 2.15. The standard InChI is InChI=1S/C12H24N2O4/c1-9(2)5-10(6-12(16)17)7-14-11(15)8-18-4-3-13/h9-10H,3-8,13H2,1-2H3,(H,14,15)(H,16,17)/t10-/m0/s1. The number of hydrogen-bond donors (Lipinski definition) is 3. The first-order valence-corrected chi connectivity index (χ1v) is 6.22. The summed E-state index contributed by atoms with van der Waals surface area (Å²) < 4.78 is 4.99. The highest BCUT2D eigenvalue weighted by atomic mass is 16.5. The van der Waals surface area contributed by atoms with Gasteiger partial charge in [-0.1, -0.05) is 13.8 Å². The third kappa shape index (κ3) is 10.0. The minimum absolute atomic E-state index is 0.0291. The van der Waals surface area contributed by atoms with Crippen molar-refractivity contribution in [2.75, 3.05) is 26.3 Å². The Hall–Kier alpha value is -1.14. The van der Waals surface area contributed by atoms with Crippen molar-refractivity contribution in [3.8, 4) is 0 Å². The van der Waals surface area contributed by atoms with E-state index in [0.29, 0.717) is 25.6 Å². The lowest BCUT2D eigenvalue weighted by atomic mass is 9.94. The van der Waals surface area contributed by atoms with E-state index in [1.54, 1.807) is 0 Å². The molecule has 0 aromatic heterocycles. The van der Waals surface area contributed by atoms with Crippen LogP contribution in [0.2, 0.25) is 0 Å². The van der Waals surface area contributed by atoms with E-state index in [0.717, 1.165) is 6.42 Å². The minimum atomic E-state index is -0.839. The van der Waals surface area contributed by atoms with Crippen molar-refractivity contribution in [3.63, 3.8) is 0 Å². The molecule has 0 rings (SSSR count). The number of carboxylic acid groups (broad SMARTS) is 1. The lowest BCUT2D eigenvalue weighted by Crippen LogP contribution is -2.34. The van der Waals surface area contributed by atoms with E-state index in [-0.39, 0.29) is 24.9 Å². The van der Waals surface area contributed by atoms with Gasteiger partial charge >= 0.3 is 5.97 Å². The fourth-order valence-corrected chi connectivity index (χ4v) is 1.71. The van der Waals surface area contributed by atoms with Gasteiger partial charge in [-0.2, -0.15) is 0 Å². The lowest BCUT2D eigenvalue weighted by molar-refractivity contribution is -0.138. The van der Waals surface area contributed by atoms with Crippen LogP contribution >= 0.6 is 0 Å². The number of carbonyl (C=O) groups is 2. The number of carbonyl (C=O) groups excluding carboxylic acids is 1. The molecule has 1 amide bonds.